The van der Waals surface area contributed by atoms with Crippen LogP contribution in [0.1, 0.15) is 0 Å². The van der Waals surface area contributed by atoms with Gasteiger partial charge in [0.15, 0.2) is 0 Å². The minimum atomic E-state index is -0.0800. The maximum atomic E-state index is 11.5. The highest BCUT2D eigenvalue weighted by Crippen LogP contribution is 2.12. The fourth-order valence-electron chi connectivity index (χ4n) is 1.68. The Bertz CT molecular complexity index is 250. The summed E-state index contributed by atoms with van der Waals surface area (Å²) in [6.45, 7) is 2.51. The number of rotatable bonds is 2. The number of hydrogen-bond acceptors (Lipinski definition) is 5. The van der Waals surface area contributed by atoms with Gasteiger partial charge in [0.05, 0.1) is 24.7 Å². The van der Waals surface area contributed by atoms with E-state index in [0.717, 1.165) is 6.54 Å². The van der Waals surface area contributed by atoms with E-state index in [1.165, 1.54) is 16.7 Å². The van der Waals surface area contributed by atoms with Crippen molar-refractivity contribution in [1.29, 1.82) is 0 Å². The number of amides is 2. The van der Waals surface area contributed by atoms with Crippen LogP contribution in [0.4, 0.5) is 0 Å². The van der Waals surface area contributed by atoms with Crippen LogP contribution in [0.5, 0.6) is 0 Å². The van der Waals surface area contributed by atoms with Gasteiger partial charge in [-0.15, -0.1) is 11.8 Å². The highest BCUT2D eigenvalue weighted by Gasteiger charge is 2.29. The molecule has 0 spiro atoms. The van der Waals surface area contributed by atoms with E-state index in [0.29, 0.717) is 31.3 Å². The number of nitrogens with zero attached hydrogens (tertiary/aromatic N) is 1. The van der Waals surface area contributed by atoms with Gasteiger partial charge in [0.2, 0.25) is 11.8 Å². The van der Waals surface area contributed by atoms with Gasteiger partial charge in [-0.25, -0.2) is 0 Å². The second-order valence-electron chi connectivity index (χ2n) is 3.62. The summed E-state index contributed by atoms with van der Waals surface area (Å²) in [6, 6.07) is 0.0924. The minimum Gasteiger partial charge on any atom is -0.378 e. The Morgan fingerprint density at radius 3 is 2.73 bits per heavy atom. The molecule has 2 aliphatic heterocycles. The molecule has 2 amide bonds. The third-order valence-electron chi connectivity index (χ3n) is 2.45. The summed E-state index contributed by atoms with van der Waals surface area (Å²) in [5.41, 5.74) is 0. The molecule has 2 rings (SSSR count). The van der Waals surface area contributed by atoms with E-state index in [2.05, 4.69) is 5.32 Å². The third-order valence-corrected chi connectivity index (χ3v) is 3.36. The Balaban J connectivity index is 1.90. The molecule has 2 aliphatic rings. The fraction of sp³-hybridized carbons (Fsp3) is 0.778. The van der Waals surface area contributed by atoms with Gasteiger partial charge in [-0.2, -0.15) is 0 Å². The second-order valence-corrected chi connectivity index (χ2v) is 4.60. The van der Waals surface area contributed by atoms with Gasteiger partial charge >= 0.3 is 0 Å². The molecule has 0 aromatic rings. The lowest BCUT2D eigenvalue weighted by atomic mass is 10.2. The van der Waals surface area contributed by atoms with Crippen molar-refractivity contribution in [3.05, 3.63) is 0 Å². The maximum absolute atomic E-state index is 11.5. The van der Waals surface area contributed by atoms with Gasteiger partial charge in [0, 0.05) is 19.1 Å². The number of carbonyl (C=O) groups excluding carboxylic acids is 2. The summed E-state index contributed by atoms with van der Waals surface area (Å²) in [4.78, 5) is 24.3. The number of imide groups is 1. The van der Waals surface area contributed by atoms with Gasteiger partial charge in [0.1, 0.15) is 0 Å². The highest BCUT2D eigenvalue weighted by atomic mass is 32.2. The SMILES string of the molecule is O=C1CSCC(=O)N1CC1COCCN1. The van der Waals surface area contributed by atoms with Crippen molar-refractivity contribution in [2.75, 3.05) is 37.8 Å². The zero-order valence-corrected chi connectivity index (χ0v) is 9.22. The van der Waals surface area contributed by atoms with Gasteiger partial charge < -0.3 is 10.1 Å². The number of thioether (sulfide) groups is 1. The van der Waals surface area contributed by atoms with Gasteiger partial charge in [0.25, 0.3) is 0 Å². The molecule has 0 bridgehead atoms. The molecule has 0 aliphatic carbocycles. The quantitative estimate of drug-likeness (QED) is 0.622. The summed E-state index contributed by atoms with van der Waals surface area (Å²) in [7, 11) is 0. The average molecular weight is 230 g/mol. The summed E-state index contributed by atoms with van der Waals surface area (Å²) < 4.78 is 5.28. The molecule has 0 aromatic heterocycles. The van der Waals surface area contributed by atoms with E-state index in [4.69, 9.17) is 4.74 Å². The molecular weight excluding hydrogens is 216 g/mol. The zero-order valence-electron chi connectivity index (χ0n) is 8.40. The first-order chi connectivity index (χ1) is 7.27. The number of morpholine rings is 1. The standard InChI is InChI=1S/C9H14N2O3S/c12-8-5-15-6-9(13)11(8)3-7-4-14-2-1-10-7/h7,10H,1-6H2. The van der Waals surface area contributed by atoms with Gasteiger partial charge in [-0.05, 0) is 0 Å². The smallest absolute Gasteiger partial charge is 0.239 e. The highest BCUT2D eigenvalue weighted by molar-refractivity contribution is 8.00. The molecule has 6 heteroatoms. The predicted molar refractivity (Wildman–Crippen MR) is 56.7 cm³/mol. The molecule has 1 N–H and O–H groups in total. The Kier molecular flexibility index (Phi) is 3.61. The molecule has 0 aromatic carbocycles. The number of nitrogens with one attached hydrogen (secondary N) is 1. The van der Waals surface area contributed by atoms with Crippen LogP contribution in [-0.4, -0.2) is 60.6 Å². The summed E-state index contributed by atoms with van der Waals surface area (Å²) in [5.74, 6) is 0.672. The van der Waals surface area contributed by atoms with Crippen molar-refractivity contribution in [3.8, 4) is 0 Å². The van der Waals surface area contributed by atoms with Crippen LogP contribution in [0.2, 0.25) is 0 Å². The van der Waals surface area contributed by atoms with Crippen LogP contribution in [0.15, 0.2) is 0 Å². The van der Waals surface area contributed by atoms with Gasteiger partial charge in [-0.3, -0.25) is 14.5 Å². The van der Waals surface area contributed by atoms with Crippen LogP contribution in [0.25, 0.3) is 0 Å². The van der Waals surface area contributed by atoms with Crippen molar-refractivity contribution < 1.29 is 14.3 Å². The van der Waals surface area contributed by atoms with Crippen molar-refractivity contribution in [3.63, 3.8) is 0 Å². The van der Waals surface area contributed by atoms with E-state index >= 15 is 0 Å². The lowest BCUT2D eigenvalue weighted by Crippen LogP contribution is -2.53. The molecule has 1 unspecified atom stereocenters. The molecule has 2 fully saturated rings. The zero-order chi connectivity index (χ0) is 10.7. The van der Waals surface area contributed by atoms with Crippen LogP contribution in [-0.2, 0) is 14.3 Å². The monoisotopic (exact) mass is 230 g/mol. The van der Waals surface area contributed by atoms with Crippen LogP contribution in [0.3, 0.4) is 0 Å². The number of hydrogen-bond donors (Lipinski definition) is 1. The molecule has 1 atom stereocenters. The molecule has 2 heterocycles. The van der Waals surface area contributed by atoms with Crippen molar-refractivity contribution in [2.45, 2.75) is 6.04 Å². The Morgan fingerprint density at radius 1 is 1.40 bits per heavy atom. The third kappa shape index (κ3) is 2.70. The molecule has 15 heavy (non-hydrogen) atoms. The normalized spacial score (nSPS) is 28.3. The molecule has 0 saturated carbocycles. The van der Waals surface area contributed by atoms with E-state index in [1.807, 2.05) is 0 Å². The first-order valence-electron chi connectivity index (χ1n) is 4.99. The summed E-state index contributed by atoms with van der Waals surface area (Å²) in [6.07, 6.45) is 0. The number of carbonyl (C=O) groups is 2. The van der Waals surface area contributed by atoms with Crippen molar-refractivity contribution in [1.82, 2.24) is 10.2 Å². The first-order valence-corrected chi connectivity index (χ1v) is 6.15. The molecular formula is C9H14N2O3S. The van der Waals surface area contributed by atoms with E-state index < -0.39 is 0 Å². The summed E-state index contributed by atoms with van der Waals surface area (Å²) >= 11 is 1.38. The van der Waals surface area contributed by atoms with E-state index in [-0.39, 0.29) is 17.9 Å². The van der Waals surface area contributed by atoms with Gasteiger partial charge in [-0.1, -0.05) is 0 Å². The molecule has 84 valence electrons. The second kappa shape index (κ2) is 4.96. The van der Waals surface area contributed by atoms with E-state index in [1.54, 1.807) is 0 Å². The van der Waals surface area contributed by atoms with Crippen molar-refractivity contribution in [2.24, 2.45) is 0 Å². The lowest BCUT2D eigenvalue weighted by Gasteiger charge is -2.31. The Hall–Kier alpha value is -0.590. The first kappa shape index (κ1) is 10.9. The number of ether oxygens (including phenoxy) is 1. The maximum Gasteiger partial charge on any atom is 0.239 e. The average Bonchev–Trinajstić information content (AvgIpc) is 2.25. The van der Waals surface area contributed by atoms with Crippen LogP contribution in [0, 0.1) is 0 Å². The molecule has 0 radical (unpaired) electrons. The van der Waals surface area contributed by atoms with E-state index in [9.17, 15) is 9.59 Å². The predicted octanol–water partition coefficient (Wildman–Crippen LogP) is -0.923. The Labute approximate surface area is 92.5 Å². The largest absolute Gasteiger partial charge is 0.378 e. The molecule has 5 nitrogen and oxygen atoms in total. The molecule has 2 saturated heterocycles. The van der Waals surface area contributed by atoms with Crippen LogP contribution >= 0.6 is 11.8 Å². The fourth-order valence-corrected chi connectivity index (χ4v) is 2.44. The van der Waals surface area contributed by atoms with Crippen molar-refractivity contribution >= 4 is 23.6 Å². The Morgan fingerprint density at radius 2 is 2.13 bits per heavy atom. The summed E-state index contributed by atoms with van der Waals surface area (Å²) in [5, 5.41) is 3.23. The lowest BCUT2D eigenvalue weighted by molar-refractivity contribution is -0.143. The minimum absolute atomic E-state index is 0.0800. The topological polar surface area (TPSA) is 58.6 Å². The van der Waals surface area contributed by atoms with Crippen LogP contribution < -0.4 is 5.32 Å².